The average molecular weight is 557 g/mol. The van der Waals surface area contributed by atoms with Gasteiger partial charge in [0.2, 0.25) is 11.8 Å². The summed E-state index contributed by atoms with van der Waals surface area (Å²) in [5.74, 6) is -1.09. The Labute approximate surface area is 225 Å². The van der Waals surface area contributed by atoms with Crippen molar-refractivity contribution in [2.45, 2.75) is 6.18 Å². The van der Waals surface area contributed by atoms with Crippen LogP contribution in [0.4, 0.5) is 24.8 Å². The number of morpholine rings is 1. The van der Waals surface area contributed by atoms with E-state index in [1.807, 2.05) is 4.90 Å². The number of nitrogens with zero attached hydrogens (tertiary/aromatic N) is 3. The highest BCUT2D eigenvalue weighted by atomic mass is 35.5. The Bertz CT molecular complexity index is 1560. The summed E-state index contributed by atoms with van der Waals surface area (Å²) >= 11 is 5.94. The number of anilines is 2. The molecule has 0 saturated carbocycles. The summed E-state index contributed by atoms with van der Waals surface area (Å²) in [6, 6.07) is 13.9. The number of fused-ring (bicyclic) bond motifs is 1. The number of rotatable bonds is 6. The normalized spacial score (nSPS) is 13.8. The van der Waals surface area contributed by atoms with Gasteiger partial charge in [-0.1, -0.05) is 35.9 Å². The largest absolute Gasteiger partial charge is 0.438 e. The minimum atomic E-state index is -4.70. The first-order valence-electron chi connectivity index (χ1n) is 11.8. The van der Waals surface area contributed by atoms with Crippen LogP contribution >= 0.6 is 11.6 Å². The van der Waals surface area contributed by atoms with Gasteiger partial charge in [0.05, 0.1) is 23.8 Å². The summed E-state index contributed by atoms with van der Waals surface area (Å²) in [6.45, 7) is 2.47. The van der Waals surface area contributed by atoms with Crippen LogP contribution in [-0.4, -0.2) is 48.0 Å². The maximum atomic E-state index is 13.1. The van der Waals surface area contributed by atoms with E-state index in [2.05, 4.69) is 15.3 Å². The van der Waals surface area contributed by atoms with Crippen molar-refractivity contribution in [3.05, 3.63) is 83.0 Å². The Kier molecular flexibility index (Phi) is 7.36. The molecule has 12 heteroatoms. The molecular weight excluding hydrogens is 537 g/mol. The van der Waals surface area contributed by atoms with Crippen LogP contribution in [0.2, 0.25) is 5.02 Å². The minimum Gasteiger partial charge on any atom is -0.438 e. The van der Waals surface area contributed by atoms with Crippen LogP contribution < -0.4 is 15.0 Å². The molecule has 39 heavy (non-hydrogen) atoms. The smallest absolute Gasteiger partial charge is 0.416 e. The van der Waals surface area contributed by atoms with E-state index in [9.17, 15) is 22.8 Å². The zero-order valence-electron chi connectivity index (χ0n) is 20.2. The Morgan fingerprint density at radius 2 is 1.74 bits per heavy atom. The molecule has 2 heterocycles. The van der Waals surface area contributed by atoms with E-state index in [4.69, 9.17) is 21.1 Å². The molecule has 5 rings (SSSR count). The molecule has 0 radical (unpaired) electrons. The number of benzene rings is 3. The lowest BCUT2D eigenvalue weighted by molar-refractivity contribution is -0.137. The van der Waals surface area contributed by atoms with Gasteiger partial charge in [-0.25, -0.2) is 4.98 Å². The number of alkyl halides is 3. The Balaban J connectivity index is 1.39. The van der Waals surface area contributed by atoms with Gasteiger partial charge in [0, 0.05) is 47.4 Å². The first-order valence-corrected chi connectivity index (χ1v) is 12.2. The van der Waals surface area contributed by atoms with Crippen LogP contribution in [0.5, 0.6) is 11.6 Å². The highest BCUT2D eigenvalue weighted by Gasteiger charge is 2.32. The van der Waals surface area contributed by atoms with Gasteiger partial charge >= 0.3 is 6.18 Å². The molecule has 0 atom stereocenters. The fourth-order valence-electron chi connectivity index (χ4n) is 4.06. The molecule has 0 bridgehead atoms. The van der Waals surface area contributed by atoms with Crippen molar-refractivity contribution in [1.82, 2.24) is 9.97 Å². The summed E-state index contributed by atoms with van der Waals surface area (Å²) in [5.41, 5.74) is -1.37. The molecule has 1 aliphatic heterocycles. The summed E-state index contributed by atoms with van der Waals surface area (Å²) in [4.78, 5) is 36.3. The number of aromatic nitrogens is 2. The third kappa shape index (κ3) is 5.79. The summed E-state index contributed by atoms with van der Waals surface area (Å²) < 4.78 is 50.8. The van der Waals surface area contributed by atoms with E-state index in [0.717, 1.165) is 12.1 Å². The number of ketones is 1. The molecule has 200 valence electrons. The molecule has 1 N–H and O–H groups in total. The molecule has 1 aromatic heterocycles. The molecule has 1 aliphatic rings. The fourth-order valence-corrected chi connectivity index (χ4v) is 4.27. The van der Waals surface area contributed by atoms with Crippen molar-refractivity contribution in [3.8, 4) is 11.6 Å². The van der Waals surface area contributed by atoms with Gasteiger partial charge in [0.25, 0.3) is 11.7 Å². The third-order valence-corrected chi connectivity index (χ3v) is 6.33. The zero-order valence-corrected chi connectivity index (χ0v) is 20.9. The monoisotopic (exact) mass is 556 g/mol. The quantitative estimate of drug-likeness (QED) is 0.239. The summed E-state index contributed by atoms with van der Waals surface area (Å²) in [7, 11) is 0. The number of nitrogens with one attached hydrogen (secondary N) is 1. The number of carbonyl (C=O) groups is 2. The number of ether oxygens (including phenoxy) is 2. The van der Waals surface area contributed by atoms with Crippen LogP contribution in [0.15, 0.2) is 66.9 Å². The Morgan fingerprint density at radius 1 is 1.00 bits per heavy atom. The van der Waals surface area contributed by atoms with Crippen molar-refractivity contribution in [3.63, 3.8) is 0 Å². The highest BCUT2D eigenvalue weighted by Crippen LogP contribution is 2.35. The predicted octanol–water partition coefficient (Wildman–Crippen LogP) is 5.75. The van der Waals surface area contributed by atoms with Gasteiger partial charge in [-0.2, -0.15) is 18.2 Å². The van der Waals surface area contributed by atoms with Gasteiger partial charge in [-0.3, -0.25) is 9.59 Å². The number of halogens is 4. The summed E-state index contributed by atoms with van der Waals surface area (Å²) in [6.07, 6.45) is -3.11. The second kappa shape index (κ2) is 10.9. The lowest BCUT2D eigenvalue weighted by Crippen LogP contribution is -2.37. The van der Waals surface area contributed by atoms with E-state index in [0.29, 0.717) is 60.7 Å². The van der Waals surface area contributed by atoms with Gasteiger partial charge in [0.15, 0.2) is 0 Å². The first-order chi connectivity index (χ1) is 18.7. The van der Waals surface area contributed by atoms with Crippen molar-refractivity contribution in [1.29, 1.82) is 0 Å². The van der Waals surface area contributed by atoms with Crippen molar-refractivity contribution in [2.75, 3.05) is 36.5 Å². The lowest BCUT2D eigenvalue weighted by atomic mass is 10.0. The molecule has 1 amide bonds. The Morgan fingerprint density at radius 3 is 2.49 bits per heavy atom. The first kappa shape index (κ1) is 26.4. The standard InChI is InChI=1S/C27H20ClF3N4O4/c28-20-6-5-16(27(29,30)31)15-19(20)24(36)25(37)33-21-7-8-22(18-4-2-1-3-17(18)21)39-23-9-10-32-26(34-23)35-11-13-38-14-12-35/h1-10,15H,11-14H2,(H,33,37). The molecule has 1 saturated heterocycles. The topological polar surface area (TPSA) is 93.7 Å². The number of amides is 1. The molecule has 1 fully saturated rings. The van der Waals surface area contributed by atoms with E-state index in [1.54, 1.807) is 42.6 Å². The lowest BCUT2D eigenvalue weighted by Gasteiger charge is -2.26. The van der Waals surface area contributed by atoms with Gasteiger partial charge < -0.3 is 19.7 Å². The molecule has 0 unspecified atom stereocenters. The van der Waals surface area contributed by atoms with E-state index in [1.165, 1.54) is 6.07 Å². The van der Waals surface area contributed by atoms with Crippen LogP contribution in [0.25, 0.3) is 10.8 Å². The second-order valence-corrected chi connectivity index (χ2v) is 8.94. The van der Waals surface area contributed by atoms with E-state index >= 15 is 0 Å². The SMILES string of the molecule is O=C(Nc1ccc(Oc2ccnc(N3CCOCC3)n2)c2ccccc12)C(=O)c1cc(C(F)(F)F)ccc1Cl. The van der Waals surface area contributed by atoms with Crippen molar-refractivity contribution >= 4 is 45.7 Å². The van der Waals surface area contributed by atoms with E-state index < -0.39 is 29.0 Å². The van der Waals surface area contributed by atoms with E-state index in [-0.39, 0.29) is 10.7 Å². The zero-order chi connectivity index (χ0) is 27.6. The minimum absolute atomic E-state index is 0.260. The van der Waals surface area contributed by atoms with Crippen LogP contribution in [0.1, 0.15) is 15.9 Å². The number of carbonyl (C=O) groups excluding carboxylic acids is 2. The molecular formula is C27H20ClF3N4O4. The number of hydrogen-bond donors (Lipinski definition) is 1. The summed E-state index contributed by atoms with van der Waals surface area (Å²) in [5, 5.41) is 3.36. The molecule has 4 aromatic rings. The maximum absolute atomic E-state index is 13.1. The van der Waals surface area contributed by atoms with Gasteiger partial charge in [-0.15, -0.1) is 0 Å². The Hall–Kier alpha value is -4.22. The van der Waals surface area contributed by atoms with Crippen LogP contribution in [0, 0.1) is 0 Å². The molecule has 0 spiro atoms. The van der Waals surface area contributed by atoms with Crippen molar-refractivity contribution in [2.24, 2.45) is 0 Å². The maximum Gasteiger partial charge on any atom is 0.416 e. The number of hydrogen-bond acceptors (Lipinski definition) is 7. The second-order valence-electron chi connectivity index (χ2n) is 8.53. The highest BCUT2D eigenvalue weighted by molar-refractivity contribution is 6.50. The molecule has 0 aliphatic carbocycles. The van der Waals surface area contributed by atoms with Crippen LogP contribution in [-0.2, 0) is 15.7 Å². The average Bonchev–Trinajstić information content (AvgIpc) is 2.94. The van der Waals surface area contributed by atoms with Crippen molar-refractivity contribution < 1.29 is 32.2 Å². The van der Waals surface area contributed by atoms with Crippen LogP contribution in [0.3, 0.4) is 0 Å². The fraction of sp³-hybridized carbons (Fsp3) is 0.185. The molecule has 8 nitrogen and oxygen atoms in total. The van der Waals surface area contributed by atoms with Gasteiger partial charge in [-0.05, 0) is 30.3 Å². The van der Waals surface area contributed by atoms with Gasteiger partial charge in [0.1, 0.15) is 5.75 Å². The third-order valence-electron chi connectivity index (χ3n) is 6.00. The predicted molar refractivity (Wildman–Crippen MR) is 139 cm³/mol. The number of Topliss-reactive ketones (excluding diaryl/α,β-unsaturated/α-hetero) is 1. The molecule has 3 aromatic carbocycles.